The van der Waals surface area contributed by atoms with Gasteiger partial charge in [-0.05, 0) is 31.4 Å². The minimum Gasteiger partial charge on any atom is -0.390 e. The van der Waals surface area contributed by atoms with Crippen LogP contribution in [0.1, 0.15) is 26.0 Å². The number of hydrogen-bond acceptors (Lipinski definition) is 4. The maximum atomic E-state index is 13.1. The molecule has 0 radical (unpaired) electrons. The molecule has 2 N–H and O–H groups in total. The Kier molecular flexibility index (Phi) is 4.44. The number of alkyl halides is 3. The van der Waals surface area contributed by atoms with Crippen LogP contribution in [0.15, 0.2) is 18.3 Å². The van der Waals surface area contributed by atoms with Crippen molar-refractivity contribution in [1.29, 1.82) is 0 Å². The first-order chi connectivity index (χ1) is 10.2. The molecular weight excluding hydrogens is 301 g/mol. The molecule has 1 fully saturated rings. The Labute approximate surface area is 125 Å². The van der Waals surface area contributed by atoms with Crippen molar-refractivity contribution in [3.8, 4) is 0 Å². The van der Waals surface area contributed by atoms with Gasteiger partial charge in [-0.3, -0.25) is 9.78 Å². The molecule has 22 heavy (non-hydrogen) atoms. The van der Waals surface area contributed by atoms with Crippen LogP contribution in [0.3, 0.4) is 0 Å². The minimum atomic E-state index is -4.54. The van der Waals surface area contributed by atoms with Crippen molar-refractivity contribution < 1.29 is 27.8 Å². The normalized spacial score (nSPS) is 28.6. The van der Waals surface area contributed by atoms with Crippen LogP contribution >= 0.6 is 0 Å². The average Bonchev–Trinajstić information content (AvgIpc) is 2.77. The van der Waals surface area contributed by atoms with Crippen molar-refractivity contribution in [1.82, 2.24) is 4.98 Å². The summed E-state index contributed by atoms with van der Waals surface area (Å²) < 4.78 is 44.2. The van der Waals surface area contributed by atoms with Crippen LogP contribution in [0.5, 0.6) is 0 Å². The Hall–Kier alpha value is -1.67. The molecule has 0 bridgehead atoms. The molecule has 1 aliphatic rings. The summed E-state index contributed by atoms with van der Waals surface area (Å²) >= 11 is 0. The fourth-order valence-corrected chi connectivity index (χ4v) is 2.33. The van der Waals surface area contributed by atoms with Crippen LogP contribution in [0.25, 0.3) is 0 Å². The minimum absolute atomic E-state index is 0.00993. The molecule has 3 atom stereocenters. The van der Waals surface area contributed by atoms with Crippen LogP contribution < -0.4 is 5.32 Å². The number of carbonyl (C=O) groups excluding carboxylic acids is 1. The lowest BCUT2D eigenvalue weighted by Gasteiger charge is -2.30. The van der Waals surface area contributed by atoms with Crippen LogP contribution in [-0.2, 0) is 16.1 Å². The molecule has 5 nitrogen and oxygen atoms in total. The monoisotopic (exact) mass is 318 g/mol. The summed E-state index contributed by atoms with van der Waals surface area (Å²) in [6.45, 7) is 2.14. The number of aromatic nitrogens is 1. The first-order valence-electron chi connectivity index (χ1n) is 6.78. The SMILES string of the molecule is C[C@@H]1C[C@H](C(=O)Nc2ccc(CO)nc2)O[C@]1(C)C(F)(F)F. The molecule has 1 saturated heterocycles. The van der Waals surface area contributed by atoms with Crippen molar-refractivity contribution in [2.45, 2.75) is 44.8 Å². The predicted molar refractivity (Wildman–Crippen MR) is 71.9 cm³/mol. The first kappa shape index (κ1) is 16.7. The number of nitrogens with zero attached hydrogens (tertiary/aromatic N) is 1. The topological polar surface area (TPSA) is 71.5 Å². The fraction of sp³-hybridized carbons (Fsp3) is 0.571. The number of nitrogens with one attached hydrogen (secondary N) is 1. The lowest BCUT2D eigenvalue weighted by molar-refractivity contribution is -0.272. The van der Waals surface area contributed by atoms with Crippen LogP contribution in [0, 0.1) is 5.92 Å². The van der Waals surface area contributed by atoms with E-state index < -0.39 is 29.7 Å². The zero-order chi connectivity index (χ0) is 16.5. The highest BCUT2D eigenvalue weighted by Gasteiger charge is 2.61. The average molecular weight is 318 g/mol. The number of hydrogen-bond donors (Lipinski definition) is 2. The summed E-state index contributed by atoms with van der Waals surface area (Å²) in [7, 11) is 0. The van der Waals surface area contributed by atoms with Gasteiger partial charge in [0.25, 0.3) is 5.91 Å². The highest BCUT2D eigenvalue weighted by atomic mass is 19.4. The van der Waals surface area contributed by atoms with Gasteiger partial charge >= 0.3 is 6.18 Å². The Morgan fingerprint density at radius 2 is 2.23 bits per heavy atom. The predicted octanol–water partition coefficient (Wildman–Crippen LogP) is 2.26. The van der Waals surface area contributed by atoms with Gasteiger partial charge in [-0.15, -0.1) is 0 Å². The number of rotatable bonds is 3. The second-order valence-corrected chi connectivity index (χ2v) is 5.53. The molecular formula is C14H17F3N2O3. The molecule has 2 heterocycles. The van der Waals surface area contributed by atoms with Crippen LogP contribution in [0.2, 0.25) is 0 Å². The lowest BCUT2D eigenvalue weighted by Crippen LogP contribution is -2.47. The van der Waals surface area contributed by atoms with E-state index in [9.17, 15) is 18.0 Å². The zero-order valence-electron chi connectivity index (χ0n) is 12.1. The van der Waals surface area contributed by atoms with E-state index in [1.54, 1.807) is 0 Å². The standard InChI is InChI=1S/C14H17F3N2O3/c1-8-5-11(22-13(8,2)14(15,16)17)12(21)19-9-3-4-10(7-20)18-6-9/h3-4,6,8,11,20H,5,7H2,1-2H3,(H,19,21)/t8-,11-,13+/m1/s1. The molecule has 0 saturated carbocycles. The number of amides is 1. The number of aliphatic hydroxyl groups is 1. The van der Waals surface area contributed by atoms with E-state index in [2.05, 4.69) is 10.3 Å². The van der Waals surface area contributed by atoms with Crippen molar-refractivity contribution in [3.05, 3.63) is 24.0 Å². The third-order valence-corrected chi connectivity index (χ3v) is 4.00. The van der Waals surface area contributed by atoms with E-state index >= 15 is 0 Å². The molecule has 0 spiro atoms. The molecule has 2 rings (SSSR count). The van der Waals surface area contributed by atoms with Gasteiger partial charge in [0.15, 0.2) is 5.60 Å². The molecule has 1 aromatic rings. The van der Waals surface area contributed by atoms with Gasteiger partial charge in [0.2, 0.25) is 0 Å². The van der Waals surface area contributed by atoms with Gasteiger partial charge in [-0.25, -0.2) is 0 Å². The van der Waals surface area contributed by atoms with E-state index in [0.29, 0.717) is 11.4 Å². The summed E-state index contributed by atoms with van der Waals surface area (Å²) in [5.41, 5.74) is -1.57. The van der Waals surface area contributed by atoms with E-state index in [-0.39, 0.29) is 13.0 Å². The number of carbonyl (C=O) groups is 1. The number of anilines is 1. The molecule has 1 aliphatic heterocycles. The largest absolute Gasteiger partial charge is 0.417 e. The summed E-state index contributed by atoms with van der Waals surface area (Å²) in [6.07, 6.45) is -4.39. The van der Waals surface area contributed by atoms with Crippen molar-refractivity contribution >= 4 is 11.6 Å². The van der Waals surface area contributed by atoms with Crippen LogP contribution in [-0.4, -0.2) is 33.9 Å². The van der Waals surface area contributed by atoms with E-state index in [0.717, 1.165) is 6.92 Å². The van der Waals surface area contributed by atoms with E-state index in [1.165, 1.54) is 25.3 Å². The van der Waals surface area contributed by atoms with Gasteiger partial charge in [0.05, 0.1) is 24.2 Å². The lowest BCUT2D eigenvalue weighted by atomic mass is 9.89. The molecule has 122 valence electrons. The third kappa shape index (κ3) is 3.07. The molecule has 0 aromatic carbocycles. The van der Waals surface area contributed by atoms with Gasteiger partial charge in [0, 0.05) is 0 Å². The summed E-state index contributed by atoms with van der Waals surface area (Å²) in [4.78, 5) is 15.9. The van der Waals surface area contributed by atoms with Gasteiger partial charge in [0.1, 0.15) is 6.10 Å². The first-order valence-corrected chi connectivity index (χ1v) is 6.78. The third-order valence-electron chi connectivity index (χ3n) is 4.00. The number of halogens is 3. The Morgan fingerprint density at radius 3 is 2.68 bits per heavy atom. The number of ether oxygens (including phenoxy) is 1. The number of aliphatic hydroxyl groups excluding tert-OH is 1. The Morgan fingerprint density at radius 1 is 1.55 bits per heavy atom. The maximum Gasteiger partial charge on any atom is 0.417 e. The second kappa shape index (κ2) is 5.85. The van der Waals surface area contributed by atoms with Gasteiger partial charge in [-0.2, -0.15) is 13.2 Å². The van der Waals surface area contributed by atoms with E-state index in [1.807, 2.05) is 0 Å². The van der Waals surface area contributed by atoms with Crippen molar-refractivity contribution in [3.63, 3.8) is 0 Å². The smallest absolute Gasteiger partial charge is 0.390 e. The molecule has 8 heteroatoms. The van der Waals surface area contributed by atoms with Gasteiger partial charge in [-0.1, -0.05) is 6.92 Å². The van der Waals surface area contributed by atoms with Crippen molar-refractivity contribution in [2.24, 2.45) is 5.92 Å². The summed E-state index contributed by atoms with van der Waals surface area (Å²) in [5.74, 6) is -1.46. The maximum absolute atomic E-state index is 13.1. The van der Waals surface area contributed by atoms with E-state index in [4.69, 9.17) is 9.84 Å². The summed E-state index contributed by atoms with van der Waals surface area (Å²) in [6, 6.07) is 3.02. The highest BCUT2D eigenvalue weighted by molar-refractivity contribution is 5.94. The molecule has 0 unspecified atom stereocenters. The Bertz CT molecular complexity index is 547. The quantitative estimate of drug-likeness (QED) is 0.897. The van der Waals surface area contributed by atoms with Crippen molar-refractivity contribution in [2.75, 3.05) is 5.32 Å². The van der Waals surface area contributed by atoms with Gasteiger partial charge < -0.3 is 15.2 Å². The zero-order valence-corrected chi connectivity index (χ0v) is 12.1. The van der Waals surface area contributed by atoms with Crippen LogP contribution in [0.4, 0.5) is 18.9 Å². The highest BCUT2D eigenvalue weighted by Crippen LogP contribution is 2.46. The Balaban J connectivity index is 2.05. The fourth-order valence-electron chi connectivity index (χ4n) is 2.33. The molecule has 0 aliphatic carbocycles. The summed E-state index contributed by atoms with van der Waals surface area (Å²) in [5, 5.41) is 11.3. The second-order valence-electron chi connectivity index (χ2n) is 5.53. The number of pyridine rings is 1. The molecule has 1 amide bonds. The molecule has 1 aromatic heterocycles.